The largest absolute Gasteiger partial charge is 0.0850 e. The van der Waals surface area contributed by atoms with Crippen molar-refractivity contribution in [2.45, 2.75) is 34.1 Å². The van der Waals surface area contributed by atoms with Gasteiger partial charge in [0.2, 0.25) is 0 Å². The molecule has 0 unspecified atom stereocenters. The number of hydrogen-bond acceptors (Lipinski definition) is 0. The fraction of sp³-hybridized carbons (Fsp3) is 0.800. The van der Waals surface area contributed by atoms with Crippen molar-refractivity contribution < 1.29 is 0 Å². The van der Waals surface area contributed by atoms with Gasteiger partial charge in [0.15, 0.2) is 0 Å². The molecule has 0 bridgehead atoms. The van der Waals surface area contributed by atoms with E-state index in [-0.39, 0.29) is 0 Å². The molecule has 1 aliphatic carbocycles. The lowest BCUT2D eigenvalue weighted by Crippen LogP contribution is -2.13. The van der Waals surface area contributed by atoms with E-state index in [1.165, 1.54) is 6.42 Å². The standard InChI is InChI=1S/C10H18/c1-7(2)10-8(3)5-6-9(10)4/h5,7,9-10H,6H2,1-4H3/t9-,10+/m1/s1. The fourth-order valence-electron chi connectivity index (χ4n) is 2.29. The van der Waals surface area contributed by atoms with Gasteiger partial charge >= 0.3 is 0 Å². The predicted molar refractivity (Wildman–Crippen MR) is 45.9 cm³/mol. The molecular formula is C10H18. The quantitative estimate of drug-likeness (QED) is 0.488. The van der Waals surface area contributed by atoms with Crippen LogP contribution in [-0.2, 0) is 0 Å². The van der Waals surface area contributed by atoms with Crippen LogP contribution in [-0.4, -0.2) is 0 Å². The van der Waals surface area contributed by atoms with Crippen molar-refractivity contribution in [2.24, 2.45) is 17.8 Å². The van der Waals surface area contributed by atoms with E-state index >= 15 is 0 Å². The van der Waals surface area contributed by atoms with Crippen molar-refractivity contribution in [1.29, 1.82) is 0 Å². The SMILES string of the molecule is CC1=CC[C@@H](C)[C@H]1C(C)C. The molecule has 10 heavy (non-hydrogen) atoms. The summed E-state index contributed by atoms with van der Waals surface area (Å²) in [7, 11) is 0. The molecule has 0 aliphatic heterocycles. The molecule has 0 aromatic carbocycles. The van der Waals surface area contributed by atoms with Crippen molar-refractivity contribution in [3.8, 4) is 0 Å². The summed E-state index contributed by atoms with van der Waals surface area (Å²) in [6.45, 7) is 9.28. The smallest absolute Gasteiger partial charge is 0.0154 e. The molecule has 0 aromatic heterocycles. The van der Waals surface area contributed by atoms with Gasteiger partial charge in [-0.25, -0.2) is 0 Å². The number of allylic oxidation sites excluding steroid dienone is 2. The highest BCUT2D eigenvalue weighted by molar-refractivity contribution is 5.12. The van der Waals surface area contributed by atoms with E-state index in [0.29, 0.717) is 0 Å². The average molecular weight is 138 g/mol. The molecule has 0 spiro atoms. The van der Waals surface area contributed by atoms with E-state index in [9.17, 15) is 0 Å². The molecule has 1 rings (SSSR count). The first-order chi connectivity index (χ1) is 4.63. The van der Waals surface area contributed by atoms with Gasteiger partial charge in [-0.2, -0.15) is 0 Å². The molecule has 1 aliphatic rings. The third-order valence-electron chi connectivity index (χ3n) is 2.67. The van der Waals surface area contributed by atoms with Crippen molar-refractivity contribution >= 4 is 0 Å². The third-order valence-corrected chi connectivity index (χ3v) is 2.67. The summed E-state index contributed by atoms with van der Waals surface area (Å²) in [5, 5.41) is 0. The van der Waals surface area contributed by atoms with Crippen LogP contribution in [0.25, 0.3) is 0 Å². The lowest BCUT2D eigenvalue weighted by Gasteiger charge is -2.21. The predicted octanol–water partition coefficient (Wildman–Crippen LogP) is 3.24. The second-order valence-corrected chi connectivity index (χ2v) is 3.93. The summed E-state index contributed by atoms with van der Waals surface area (Å²) >= 11 is 0. The van der Waals surface area contributed by atoms with Crippen LogP contribution in [0.15, 0.2) is 11.6 Å². The van der Waals surface area contributed by atoms with Crippen LogP contribution >= 0.6 is 0 Å². The van der Waals surface area contributed by atoms with Gasteiger partial charge in [-0.3, -0.25) is 0 Å². The summed E-state index contributed by atoms with van der Waals surface area (Å²) in [4.78, 5) is 0. The van der Waals surface area contributed by atoms with Crippen molar-refractivity contribution in [2.75, 3.05) is 0 Å². The van der Waals surface area contributed by atoms with Crippen LogP contribution in [0.4, 0.5) is 0 Å². The van der Waals surface area contributed by atoms with E-state index in [2.05, 4.69) is 33.8 Å². The molecule has 0 heteroatoms. The van der Waals surface area contributed by atoms with E-state index < -0.39 is 0 Å². The lowest BCUT2D eigenvalue weighted by molar-refractivity contribution is 0.343. The van der Waals surface area contributed by atoms with Crippen LogP contribution < -0.4 is 0 Å². The van der Waals surface area contributed by atoms with E-state index in [1.54, 1.807) is 5.57 Å². The first-order valence-corrected chi connectivity index (χ1v) is 4.29. The number of rotatable bonds is 1. The van der Waals surface area contributed by atoms with Crippen LogP contribution in [0, 0.1) is 17.8 Å². The minimum atomic E-state index is 0.828. The Hall–Kier alpha value is -0.260. The second-order valence-electron chi connectivity index (χ2n) is 3.93. The van der Waals surface area contributed by atoms with E-state index in [4.69, 9.17) is 0 Å². The van der Waals surface area contributed by atoms with Crippen LogP contribution in [0.1, 0.15) is 34.1 Å². The van der Waals surface area contributed by atoms with Gasteiger partial charge in [0.1, 0.15) is 0 Å². The summed E-state index contributed by atoms with van der Waals surface area (Å²) < 4.78 is 0. The molecule has 0 fully saturated rings. The highest BCUT2D eigenvalue weighted by Gasteiger charge is 2.25. The van der Waals surface area contributed by atoms with Gasteiger partial charge < -0.3 is 0 Å². The summed E-state index contributed by atoms with van der Waals surface area (Å²) in [5.41, 5.74) is 1.61. The zero-order chi connectivity index (χ0) is 7.72. The summed E-state index contributed by atoms with van der Waals surface area (Å²) in [6.07, 6.45) is 3.70. The van der Waals surface area contributed by atoms with Crippen LogP contribution in [0.2, 0.25) is 0 Å². The summed E-state index contributed by atoms with van der Waals surface area (Å²) in [5.74, 6) is 2.58. The monoisotopic (exact) mass is 138 g/mol. The van der Waals surface area contributed by atoms with Gasteiger partial charge in [-0.05, 0) is 31.1 Å². The van der Waals surface area contributed by atoms with Gasteiger partial charge in [-0.15, -0.1) is 0 Å². The van der Waals surface area contributed by atoms with Crippen LogP contribution in [0.3, 0.4) is 0 Å². The van der Waals surface area contributed by atoms with Crippen molar-refractivity contribution in [1.82, 2.24) is 0 Å². The zero-order valence-corrected chi connectivity index (χ0v) is 7.52. The average Bonchev–Trinajstić information content (AvgIpc) is 2.11. The molecular weight excluding hydrogens is 120 g/mol. The first-order valence-electron chi connectivity index (χ1n) is 4.29. The molecule has 2 atom stereocenters. The number of hydrogen-bond donors (Lipinski definition) is 0. The van der Waals surface area contributed by atoms with E-state index in [0.717, 1.165) is 17.8 Å². The van der Waals surface area contributed by atoms with Gasteiger partial charge in [0, 0.05) is 0 Å². The Morgan fingerprint density at radius 3 is 2.30 bits per heavy atom. The fourth-order valence-corrected chi connectivity index (χ4v) is 2.29. The molecule has 0 saturated heterocycles. The third kappa shape index (κ3) is 1.25. The van der Waals surface area contributed by atoms with E-state index in [1.807, 2.05) is 0 Å². The molecule has 0 amide bonds. The molecule has 0 aromatic rings. The second kappa shape index (κ2) is 2.77. The molecule has 0 radical (unpaired) electrons. The Morgan fingerprint density at radius 2 is 2.10 bits per heavy atom. The topological polar surface area (TPSA) is 0 Å². The lowest BCUT2D eigenvalue weighted by atomic mass is 9.84. The Kier molecular flexibility index (Phi) is 2.18. The molecule has 58 valence electrons. The zero-order valence-electron chi connectivity index (χ0n) is 7.52. The Bertz CT molecular complexity index is 142. The highest BCUT2D eigenvalue weighted by atomic mass is 14.3. The maximum Gasteiger partial charge on any atom is -0.0154 e. The minimum absolute atomic E-state index is 0.828. The minimum Gasteiger partial charge on any atom is -0.0850 e. The van der Waals surface area contributed by atoms with Gasteiger partial charge in [0.25, 0.3) is 0 Å². The molecule has 0 heterocycles. The molecule has 0 nitrogen and oxygen atoms in total. The van der Waals surface area contributed by atoms with Gasteiger partial charge in [0.05, 0.1) is 0 Å². The maximum atomic E-state index is 2.40. The van der Waals surface area contributed by atoms with Crippen molar-refractivity contribution in [3.05, 3.63) is 11.6 Å². The van der Waals surface area contributed by atoms with Crippen LogP contribution in [0.5, 0.6) is 0 Å². The normalized spacial score (nSPS) is 33.1. The summed E-state index contributed by atoms with van der Waals surface area (Å²) in [6, 6.07) is 0. The Labute approximate surface area is 64.3 Å². The Balaban J connectivity index is 2.64. The Morgan fingerprint density at radius 1 is 1.50 bits per heavy atom. The maximum absolute atomic E-state index is 2.40. The molecule has 0 saturated carbocycles. The first kappa shape index (κ1) is 7.84. The van der Waals surface area contributed by atoms with Gasteiger partial charge in [-0.1, -0.05) is 32.4 Å². The highest BCUT2D eigenvalue weighted by Crippen LogP contribution is 2.36. The van der Waals surface area contributed by atoms with Crippen molar-refractivity contribution in [3.63, 3.8) is 0 Å². The molecule has 0 N–H and O–H groups in total.